The number of methoxy groups -OCH3 is 1. The van der Waals surface area contributed by atoms with Crippen LogP contribution in [-0.2, 0) is 9.53 Å². The first-order valence-corrected chi connectivity index (χ1v) is 12.9. The van der Waals surface area contributed by atoms with Crippen molar-refractivity contribution in [2.75, 3.05) is 25.1 Å². The van der Waals surface area contributed by atoms with Crippen molar-refractivity contribution in [1.29, 1.82) is 0 Å². The van der Waals surface area contributed by atoms with Crippen molar-refractivity contribution < 1.29 is 14.3 Å². The van der Waals surface area contributed by atoms with Gasteiger partial charge in [0.1, 0.15) is 29.9 Å². The largest absolute Gasteiger partial charge is 0.495 e. The van der Waals surface area contributed by atoms with Gasteiger partial charge in [0, 0.05) is 24.1 Å². The first kappa shape index (κ1) is 25.8. The van der Waals surface area contributed by atoms with E-state index in [1.54, 1.807) is 23.6 Å². The van der Waals surface area contributed by atoms with E-state index in [0.29, 0.717) is 41.6 Å². The van der Waals surface area contributed by atoms with Gasteiger partial charge in [-0.25, -0.2) is 14.2 Å². The number of nitrogens with two attached hydrogens (primary N) is 1. The third-order valence-electron chi connectivity index (χ3n) is 6.90. The predicted octanol–water partition coefficient (Wildman–Crippen LogP) is 3.92. The highest BCUT2D eigenvalue weighted by molar-refractivity contribution is 6.30. The van der Waals surface area contributed by atoms with Crippen molar-refractivity contribution in [3.63, 3.8) is 0 Å². The van der Waals surface area contributed by atoms with Gasteiger partial charge < -0.3 is 20.1 Å². The van der Waals surface area contributed by atoms with Gasteiger partial charge in [-0.1, -0.05) is 37.6 Å². The van der Waals surface area contributed by atoms with Crippen LogP contribution in [0.25, 0.3) is 22.6 Å². The second kappa shape index (κ2) is 10.5. The van der Waals surface area contributed by atoms with Gasteiger partial charge in [-0.2, -0.15) is 0 Å². The van der Waals surface area contributed by atoms with Crippen LogP contribution in [0.5, 0.6) is 5.75 Å². The van der Waals surface area contributed by atoms with Crippen LogP contribution in [0.15, 0.2) is 65.7 Å². The van der Waals surface area contributed by atoms with E-state index < -0.39 is 6.04 Å². The molecule has 1 fully saturated rings. The number of aromatic nitrogens is 3. The fourth-order valence-corrected chi connectivity index (χ4v) is 4.79. The number of anilines is 1. The van der Waals surface area contributed by atoms with Gasteiger partial charge in [0.15, 0.2) is 0 Å². The van der Waals surface area contributed by atoms with E-state index in [1.807, 2.05) is 56.3 Å². The van der Waals surface area contributed by atoms with Gasteiger partial charge in [-0.3, -0.25) is 9.36 Å². The molecule has 0 saturated carbocycles. The topological polar surface area (TPSA) is 104 Å². The summed E-state index contributed by atoms with van der Waals surface area (Å²) in [5.74, 6) is 0.240. The van der Waals surface area contributed by atoms with Gasteiger partial charge >= 0.3 is 11.7 Å². The lowest BCUT2D eigenvalue weighted by Gasteiger charge is -2.23. The van der Waals surface area contributed by atoms with Crippen LogP contribution < -0.4 is 21.1 Å². The zero-order valence-electron chi connectivity index (χ0n) is 21.5. The van der Waals surface area contributed by atoms with Crippen LogP contribution in [0.2, 0.25) is 5.02 Å². The molecule has 4 aromatic rings. The van der Waals surface area contributed by atoms with Crippen LogP contribution >= 0.6 is 11.6 Å². The third kappa shape index (κ3) is 4.87. The van der Waals surface area contributed by atoms with E-state index in [0.717, 1.165) is 16.9 Å². The molecule has 2 aromatic heterocycles. The molecule has 1 aliphatic heterocycles. The molecule has 0 spiro atoms. The molecule has 0 bridgehead atoms. The summed E-state index contributed by atoms with van der Waals surface area (Å²) in [7, 11) is 1.59. The summed E-state index contributed by atoms with van der Waals surface area (Å²) >= 11 is 6.04. The average Bonchev–Trinajstić information content (AvgIpc) is 3.56. The van der Waals surface area contributed by atoms with Gasteiger partial charge in [-0.05, 0) is 47.9 Å². The molecular formula is C28H30ClN5O4. The summed E-state index contributed by atoms with van der Waals surface area (Å²) in [6.07, 6.45) is 1.97. The van der Waals surface area contributed by atoms with E-state index in [2.05, 4.69) is 9.88 Å². The lowest BCUT2D eigenvalue weighted by Crippen LogP contribution is -2.39. The molecule has 9 nitrogen and oxygen atoms in total. The standard InChI is InChI=1S/C28H30ClN5O4/c1-17(2)26(30)27(35)38-21-12-13-32(15-21)23-9-8-20(14-24(23)37-3)33-16-31-25-11-10-22(34(25)28(33)36)18-4-6-19(29)7-5-18/h4-11,14,16-17,21,26H,12-13,15,30H2,1-3H3/t21-,26?/m1/s1. The quantitative estimate of drug-likeness (QED) is 0.358. The molecule has 5 rings (SSSR count). The summed E-state index contributed by atoms with van der Waals surface area (Å²) in [5, 5.41) is 0.624. The van der Waals surface area contributed by atoms with Crippen molar-refractivity contribution in [1.82, 2.24) is 14.0 Å². The predicted molar refractivity (Wildman–Crippen MR) is 147 cm³/mol. The number of esters is 1. The highest BCUT2D eigenvalue weighted by Crippen LogP contribution is 2.33. The summed E-state index contributed by atoms with van der Waals surface area (Å²) < 4.78 is 14.4. The first-order chi connectivity index (χ1) is 18.3. The number of halogens is 1. The number of benzene rings is 2. The smallest absolute Gasteiger partial charge is 0.340 e. The van der Waals surface area contributed by atoms with Crippen molar-refractivity contribution >= 4 is 28.9 Å². The fraction of sp³-hybridized carbons (Fsp3) is 0.321. The highest BCUT2D eigenvalue weighted by Gasteiger charge is 2.30. The Kier molecular flexibility index (Phi) is 7.14. The number of rotatable bonds is 7. The Morgan fingerprint density at radius 2 is 1.89 bits per heavy atom. The molecular weight excluding hydrogens is 506 g/mol. The molecule has 0 aliphatic carbocycles. The van der Waals surface area contributed by atoms with E-state index in [4.69, 9.17) is 26.8 Å². The van der Waals surface area contributed by atoms with Crippen LogP contribution in [-0.4, -0.2) is 52.3 Å². The number of nitrogens with zero attached hydrogens (tertiary/aromatic N) is 4. The van der Waals surface area contributed by atoms with Gasteiger partial charge in [0.2, 0.25) is 0 Å². The maximum atomic E-state index is 13.6. The normalized spacial score (nSPS) is 16.3. The van der Waals surface area contributed by atoms with Crippen molar-refractivity contribution in [2.45, 2.75) is 32.4 Å². The SMILES string of the molecule is COc1cc(-n2cnc3ccc(-c4ccc(Cl)cc4)n3c2=O)ccc1N1CC[C@@H](OC(=O)C(N)C(C)C)C1. The van der Waals surface area contributed by atoms with Gasteiger partial charge in [0.05, 0.1) is 30.7 Å². The lowest BCUT2D eigenvalue weighted by atomic mass is 10.1. The van der Waals surface area contributed by atoms with Crippen LogP contribution in [0.3, 0.4) is 0 Å². The number of carbonyl (C=O) groups is 1. The minimum Gasteiger partial charge on any atom is -0.495 e. The lowest BCUT2D eigenvalue weighted by molar-refractivity contribution is -0.150. The molecule has 1 aliphatic rings. The summed E-state index contributed by atoms with van der Waals surface area (Å²) in [4.78, 5) is 32.5. The molecule has 10 heteroatoms. The number of fused-ring (bicyclic) bond motifs is 1. The van der Waals surface area contributed by atoms with E-state index in [9.17, 15) is 9.59 Å². The van der Waals surface area contributed by atoms with Crippen LogP contribution in [0, 0.1) is 5.92 Å². The minimum absolute atomic E-state index is 0.0126. The molecule has 2 N–H and O–H groups in total. The Balaban J connectivity index is 1.42. The second-order valence-corrected chi connectivity index (χ2v) is 10.2. The number of hydrogen-bond acceptors (Lipinski definition) is 7. The van der Waals surface area contributed by atoms with Crippen molar-refractivity contribution in [3.05, 3.63) is 76.4 Å². The molecule has 198 valence electrons. The van der Waals surface area contributed by atoms with Crippen LogP contribution in [0.1, 0.15) is 20.3 Å². The van der Waals surface area contributed by atoms with Gasteiger partial charge in [0.25, 0.3) is 0 Å². The molecule has 1 unspecified atom stereocenters. The number of carbonyl (C=O) groups excluding carboxylic acids is 1. The first-order valence-electron chi connectivity index (χ1n) is 12.5. The monoisotopic (exact) mass is 535 g/mol. The number of hydrogen-bond donors (Lipinski definition) is 1. The minimum atomic E-state index is -0.636. The zero-order chi connectivity index (χ0) is 27.0. The molecule has 1 saturated heterocycles. The molecule has 0 amide bonds. The Bertz CT molecular complexity index is 1530. The Hall–Kier alpha value is -3.82. The van der Waals surface area contributed by atoms with Crippen LogP contribution in [0.4, 0.5) is 5.69 Å². The van der Waals surface area contributed by atoms with Gasteiger partial charge in [-0.15, -0.1) is 0 Å². The third-order valence-corrected chi connectivity index (χ3v) is 7.16. The Morgan fingerprint density at radius 1 is 1.13 bits per heavy atom. The molecule has 0 radical (unpaired) electrons. The summed E-state index contributed by atoms with van der Waals surface area (Å²) in [6, 6.07) is 15.9. The number of ether oxygens (including phenoxy) is 2. The average molecular weight is 536 g/mol. The van der Waals surface area contributed by atoms with Crippen molar-refractivity contribution in [2.24, 2.45) is 11.7 Å². The maximum Gasteiger partial charge on any atom is 0.340 e. The molecule has 2 aromatic carbocycles. The fourth-order valence-electron chi connectivity index (χ4n) is 4.66. The molecule has 38 heavy (non-hydrogen) atoms. The summed E-state index contributed by atoms with van der Waals surface area (Å²) in [5.41, 5.74) is 9.29. The van der Waals surface area contributed by atoms with E-state index in [-0.39, 0.29) is 23.7 Å². The van der Waals surface area contributed by atoms with Crippen molar-refractivity contribution in [3.8, 4) is 22.7 Å². The Labute approximate surface area is 225 Å². The Morgan fingerprint density at radius 3 is 2.61 bits per heavy atom. The molecule has 3 heterocycles. The summed E-state index contributed by atoms with van der Waals surface area (Å²) in [6.45, 7) is 5.03. The zero-order valence-corrected chi connectivity index (χ0v) is 22.3. The molecule has 2 atom stereocenters. The second-order valence-electron chi connectivity index (χ2n) is 9.74. The van der Waals surface area contributed by atoms with E-state index >= 15 is 0 Å². The maximum absolute atomic E-state index is 13.6. The highest BCUT2D eigenvalue weighted by atomic mass is 35.5. The van der Waals surface area contributed by atoms with E-state index in [1.165, 1.54) is 10.9 Å².